The fourth-order valence-corrected chi connectivity index (χ4v) is 8.25. The normalized spacial score (nSPS) is 12.4. The van der Waals surface area contributed by atoms with E-state index >= 15 is 0 Å². The summed E-state index contributed by atoms with van der Waals surface area (Å²) in [6, 6.07) is 13.1. The van der Waals surface area contributed by atoms with Crippen LogP contribution in [0.4, 0.5) is 0 Å². The van der Waals surface area contributed by atoms with Gasteiger partial charge in [0.25, 0.3) is 0 Å². The number of hydrogen-bond donors (Lipinski definition) is 1. The molecular formula is C22H28Ge2O3. The van der Waals surface area contributed by atoms with E-state index < -0.39 is 32.5 Å². The zero-order valence-corrected chi connectivity index (χ0v) is 21.2. The van der Waals surface area contributed by atoms with Gasteiger partial charge in [0.15, 0.2) is 0 Å². The second-order valence-corrected chi connectivity index (χ2v) is 30.2. The van der Waals surface area contributed by atoms with Gasteiger partial charge in [-0.3, -0.25) is 0 Å². The van der Waals surface area contributed by atoms with E-state index in [1.807, 2.05) is 0 Å². The Bertz CT molecular complexity index is 868. The molecule has 0 heterocycles. The molecule has 5 heteroatoms. The Morgan fingerprint density at radius 1 is 0.815 bits per heavy atom. The van der Waals surface area contributed by atoms with E-state index in [9.17, 15) is 9.59 Å². The van der Waals surface area contributed by atoms with Crippen molar-refractivity contribution < 1.29 is 14.7 Å². The SMILES string of the molecule is [CH3][Ge]([CH3])([CH3])[c]1cc(C(=O)/C=C/c2cccc(C(=O)O)c2)c[c]([Ge]([CH3])([CH3])[CH3])c1. The average Bonchev–Trinajstić information content (AvgIpc) is 2.58. The molecule has 2 rings (SSSR count). The summed E-state index contributed by atoms with van der Waals surface area (Å²) >= 11 is -4.14. The summed E-state index contributed by atoms with van der Waals surface area (Å²) in [5.74, 6) is 13.1. The van der Waals surface area contributed by atoms with E-state index in [4.69, 9.17) is 5.11 Å². The predicted octanol–water partition coefficient (Wildman–Crippen LogP) is 4.37. The van der Waals surface area contributed by atoms with Gasteiger partial charge in [-0.25, -0.2) is 0 Å². The van der Waals surface area contributed by atoms with Gasteiger partial charge in [-0.1, -0.05) is 0 Å². The molecule has 3 nitrogen and oxygen atoms in total. The van der Waals surface area contributed by atoms with Crippen LogP contribution in [-0.2, 0) is 0 Å². The first-order valence-electron chi connectivity index (χ1n) is 9.10. The maximum absolute atomic E-state index is 12.8. The van der Waals surface area contributed by atoms with Gasteiger partial charge in [-0.15, -0.1) is 0 Å². The third-order valence-corrected chi connectivity index (χ3v) is 13.0. The van der Waals surface area contributed by atoms with E-state index in [2.05, 4.69) is 52.7 Å². The van der Waals surface area contributed by atoms with Gasteiger partial charge in [-0.05, 0) is 0 Å². The second kappa shape index (κ2) is 8.19. The number of benzene rings is 2. The van der Waals surface area contributed by atoms with Crippen LogP contribution in [-0.4, -0.2) is 43.4 Å². The predicted molar refractivity (Wildman–Crippen MR) is 119 cm³/mol. The van der Waals surface area contributed by atoms with E-state index in [-0.39, 0.29) is 11.3 Å². The number of carbonyl (C=O) groups is 2. The fourth-order valence-electron chi connectivity index (χ4n) is 2.68. The number of aromatic carboxylic acids is 1. The molecule has 0 fully saturated rings. The number of carboxylic acids is 1. The molecule has 0 amide bonds. The van der Waals surface area contributed by atoms with Gasteiger partial charge in [0.1, 0.15) is 0 Å². The summed E-state index contributed by atoms with van der Waals surface area (Å²) in [7, 11) is 0. The van der Waals surface area contributed by atoms with Gasteiger partial charge in [0, 0.05) is 0 Å². The summed E-state index contributed by atoms with van der Waals surface area (Å²) in [5.41, 5.74) is 1.67. The van der Waals surface area contributed by atoms with Crippen LogP contribution in [0.2, 0.25) is 34.5 Å². The van der Waals surface area contributed by atoms with Gasteiger partial charge >= 0.3 is 168 Å². The summed E-state index contributed by atoms with van der Waals surface area (Å²) in [5, 5.41) is 9.10. The van der Waals surface area contributed by atoms with E-state index in [0.717, 1.165) is 5.56 Å². The molecule has 0 atom stereocenters. The number of allylic oxidation sites excluding steroid dienone is 1. The van der Waals surface area contributed by atoms with Crippen molar-refractivity contribution in [3.8, 4) is 0 Å². The fraction of sp³-hybridized carbons (Fsp3) is 0.273. The van der Waals surface area contributed by atoms with Crippen LogP contribution in [0.3, 0.4) is 0 Å². The van der Waals surface area contributed by atoms with Crippen molar-refractivity contribution in [2.45, 2.75) is 34.5 Å². The Kier molecular flexibility index (Phi) is 6.58. The Hall–Kier alpha value is -1.59. The molecular weight excluding hydrogens is 457 g/mol. The van der Waals surface area contributed by atoms with Crippen molar-refractivity contribution in [3.05, 3.63) is 65.2 Å². The molecule has 0 aliphatic carbocycles. The first-order valence-corrected chi connectivity index (χ1v) is 23.8. The van der Waals surface area contributed by atoms with Crippen LogP contribution >= 0.6 is 0 Å². The third-order valence-electron chi connectivity index (χ3n) is 4.51. The van der Waals surface area contributed by atoms with Crippen molar-refractivity contribution in [3.63, 3.8) is 0 Å². The molecule has 0 unspecified atom stereocenters. The van der Waals surface area contributed by atoms with E-state index in [1.165, 1.54) is 8.79 Å². The molecule has 27 heavy (non-hydrogen) atoms. The minimum atomic E-state index is -2.07. The molecule has 0 radical (unpaired) electrons. The molecule has 0 aliphatic rings. The monoisotopic (exact) mass is 488 g/mol. The summed E-state index contributed by atoms with van der Waals surface area (Å²) in [6.45, 7) is 0. The van der Waals surface area contributed by atoms with Gasteiger partial charge in [-0.2, -0.15) is 0 Å². The Balaban J connectivity index is 2.40. The molecule has 142 valence electrons. The Morgan fingerprint density at radius 2 is 1.37 bits per heavy atom. The number of hydrogen-bond acceptors (Lipinski definition) is 2. The molecule has 0 bridgehead atoms. The first-order chi connectivity index (χ1) is 12.4. The summed E-state index contributed by atoms with van der Waals surface area (Å²) in [4.78, 5) is 23.9. The minimum absolute atomic E-state index is 0.0304. The zero-order valence-electron chi connectivity index (χ0n) is 17.0. The van der Waals surface area contributed by atoms with Crippen molar-refractivity contribution in [2.24, 2.45) is 0 Å². The summed E-state index contributed by atoms with van der Waals surface area (Å²) < 4.78 is 2.72. The van der Waals surface area contributed by atoms with Crippen LogP contribution in [0.15, 0.2) is 48.5 Å². The molecule has 0 saturated heterocycles. The number of carboxylic acid groups (broad SMARTS) is 1. The number of carbonyl (C=O) groups excluding carboxylic acids is 1. The van der Waals surface area contributed by atoms with Crippen LogP contribution in [0, 0.1) is 0 Å². The van der Waals surface area contributed by atoms with Gasteiger partial charge in [0.2, 0.25) is 0 Å². The molecule has 0 saturated carbocycles. The van der Waals surface area contributed by atoms with Crippen LogP contribution < -0.4 is 8.79 Å². The quantitative estimate of drug-likeness (QED) is 0.376. The number of ketones is 1. The Morgan fingerprint density at radius 3 is 1.85 bits per heavy atom. The standard InChI is InChI=1S/C22H28Ge2O3/c1-23(2,3)19-13-18(14-20(15-19)24(4,5)6)21(25)11-10-16-8-7-9-17(12-16)22(26)27/h7-15H,1-6H3,(H,26,27)/b11-10+. The van der Waals surface area contributed by atoms with Crippen molar-refractivity contribution >= 4 is 53.2 Å². The molecule has 0 aliphatic heterocycles. The van der Waals surface area contributed by atoms with E-state index in [1.54, 1.807) is 36.4 Å². The molecule has 0 aromatic heterocycles. The molecule has 0 spiro atoms. The van der Waals surface area contributed by atoms with Crippen LogP contribution in [0.5, 0.6) is 0 Å². The molecule has 2 aromatic rings. The topological polar surface area (TPSA) is 54.4 Å². The van der Waals surface area contributed by atoms with Gasteiger partial charge < -0.3 is 0 Å². The Labute approximate surface area is 167 Å². The average molecular weight is 486 g/mol. The van der Waals surface area contributed by atoms with Crippen LogP contribution in [0.25, 0.3) is 6.08 Å². The summed E-state index contributed by atoms with van der Waals surface area (Å²) in [6.07, 6.45) is 3.24. The molecule has 2 aromatic carbocycles. The molecule has 1 N–H and O–H groups in total. The first kappa shape index (κ1) is 21.7. The second-order valence-electron chi connectivity index (χ2n) is 8.93. The van der Waals surface area contributed by atoms with Crippen molar-refractivity contribution in [1.29, 1.82) is 0 Å². The number of rotatable bonds is 6. The third kappa shape index (κ3) is 5.94. The van der Waals surface area contributed by atoms with E-state index in [0.29, 0.717) is 5.56 Å². The van der Waals surface area contributed by atoms with Gasteiger partial charge in [0.05, 0.1) is 0 Å². The maximum atomic E-state index is 12.8. The van der Waals surface area contributed by atoms with Crippen molar-refractivity contribution in [1.82, 2.24) is 0 Å². The zero-order chi connectivity index (χ0) is 20.4. The van der Waals surface area contributed by atoms with Crippen molar-refractivity contribution in [2.75, 3.05) is 0 Å². The van der Waals surface area contributed by atoms with Crippen LogP contribution in [0.1, 0.15) is 26.3 Å².